The zero-order valence-corrected chi connectivity index (χ0v) is 10.5. The van der Waals surface area contributed by atoms with Crippen molar-refractivity contribution in [2.45, 2.75) is 4.90 Å². The highest BCUT2D eigenvalue weighted by atomic mass is 79.9. The van der Waals surface area contributed by atoms with Crippen LogP contribution in [0, 0.1) is 0 Å². The predicted octanol–water partition coefficient (Wildman–Crippen LogP) is 4.03. The van der Waals surface area contributed by atoms with Gasteiger partial charge in [0.05, 0.1) is 0 Å². The van der Waals surface area contributed by atoms with E-state index >= 15 is 0 Å². The Morgan fingerprint density at radius 2 is 2.00 bits per heavy atom. The molecular formula is C10H11BrS2. The summed E-state index contributed by atoms with van der Waals surface area (Å²) in [5.41, 5.74) is 1.16. The second-order valence-corrected chi connectivity index (χ2v) is 4.93. The monoisotopic (exact) mass is 274 g/mol. The first-order valence-electron chi connectivity index (χ1n) is 3.88. The second-order valence-electron chi connectivity index (χ2n) is 2.65. The van der Waals surface area contributed by atoms with E-state index in [1.165, 1.54) is 4.90 Å². The van der Waals surface area contributed by atoms with Crippen LogP contribution in [0.25, 0.3) is 0 Å². The second kappa shape index (κ2) is 5.78. The van der Waals surface area contributed by atoms with Crippen molar-refractivity contribution in [1.82, 2.24) is 0 Å². The highest BCUT2D eigenvalue weighted by Crippen LogP contribution is 2.22. The van der Waals surface area contributed by atoms with Gasteiger partial charge in [0.2, 0.25) is 0 Å². The number of hydrogen-bond acceptors (Lipinski definition) is 2. The molecule has 1 rings (SSSR count). The molecule has 70 valence electrons. The molecule has 0 fully saturated rings. The standard InChI is InChI=1S/C10H11BrS2/c1-8(6-12)7-13-10-4-2-9(11)3-5-10/h2-5,12H,1,6-7H2. The fourth-order valence-corrected chi connectivity index (χ4v) is 2.09. The van der Waals surface area contributed by atoms with Crippen molar-refractivity contribution >= 4 is 40.3 Å². The van der Waals surface area contributed by atoms with Crippen LogP contribution < -0.4 is 0 Å². The van der Waals surface area contributed by atoms with Crippen molar-refractivity contribution in [2.24, 2.45) is 0 Å². The summed E-state index contributed by atoms with van der Waals surface area (Å²) in [6.45, 7) is 3.90. The Labute approximate surface area is 97.3 Å². The van der Waals surface area contributed by atoms with Gasteiger partial charge < -0.3 is 0 Å². The molecule has 0 aliphatic rings. The van der Waals surface area contributed by atoms with E-state index < -0.39 is 0 Å². The van der Waals surface area contributed by atoms with Crippen LogP contribution in [0.4, 0.5) is 0 Å². The minimum atomic E-state index is 0.767. The first-order chi connectivity index (χ1) is 6.22. The lowest BCUT2D eigenvalue weighted by Crippen LogP contribution is -1.85. The summed E-state index contributed by atoms with van der Waals surface area (Å²) < 4.78 is 1.12. The first-order valence-corrected chi connectivity index (χ1v) is 6.29. The van der Waals surface area contributed by atoms with Crippen LogP contribution in [0.2, 0.25) is 0 Å². The molecule has 0 unspecified atom stereocenters. The third-order valence-corrected chi connectivity index (χ3v) is 3.61. The van der Waals surface area contributed by atoms with Crippen LogP contribution in [0.1, 0.15) is 0 Å². The topological polar surface area (TPSA) is 0 Å². The summed E-state index contributed by atoms with van der Waals surface area (Å²) in [5.74, 6) is 1.72. The zero-order chi connectivity index (χ0) is 9.68. The molecule has 0 saturated heterocycles. The molecule has 0 N–H and O–H groups in total. The number of thioether (sulfide) groups is 1. The van der Waals surface area contributed by atoms with Gasteiger partial charge in [-0.05, 0) is 24.3 Å². The van der Waals surface area contributed by atoms with Gasteiger partial charge in [0.1, 0.15) is 0 Å². The Morgan fingerprint density at radius 1 is 1.38 bits per heavy atom. The van der Waals surface area contributed by atoms with Gasteiger partial charge in [-0.2, -0.15) is 12.6 Å². The van der Waals surface area contributed by atoms with E-state index in [0.29, 0.717) is 0 Å². The van der Waals surface area contributed by atoms with Crippen LogP contribution >= 0.6 is 40.3 Å². The van der Waals surface area contributed by atoms with Crippen molar-refractivity contribution in [1.29, 1.82) is 0 Å². The molecule has 0 heterocycles. The van der Waals surface area contributed by atoms with Crippen LogP contribution in [0.3, 0.4) is 0 Å². The molecule has 1 aromatic carbocycles. The summed E-state index contributed by atoms with van der Waals surface area (Å²) in [7, 11) is 0. The minimum absolute atomic E-state index is 0.767. The molecule has 0 bridgehead atoms. The van der Waals surface area contributed by atoms with Crippen molar-refractivity contribution < 1.29 is 0 Å². The maximum atomic E-state index is 4.16. The van der Waals surface area contributed by atoms with E-state index in [2.05, 4.69) is 47.3 Å². The predicted molar refractivity (Wildman–Crippen MR) is 67.9 cm³/mol. The number of rotatable bonds is 4. The van der Waals surface area contributed by atoms with Crippen molar-refractivity contribution in [2.75, 3.05) is 11.5 Å². The lowest BCUT2D eigenvalue weighted by atomic mass is 10.4. The molecule has 0 saturated carbocycles. The molecule has 0 aliphatic heterocycles. The molecular weight excluding hydrogens is 264 g/mol. The van der Waals surface area contributed by atoms with Gasteiger partial charge >= 0.3 is 0 Å². The molecule has 0 amide bonds. The van der Waals surface area contributed by atoms with Gasteiger partial charge in [-0.3, -0.25) is 0 Å². The first kappa shape index (κ1) is 11.2. The molecule has 0 spiro atoms. The highest BCUT2D eigenvalue weighted by molar-refractivity contribution is 9.10. The Bertz CT molecular complexity index is 279. The van der Waals surface area contributed by atoms with E-state index in [4.69, 9.17) is 0 Å². The molecule has 1 aromatic rings. The molecule has 0 atom stereocenters. The van der Waals surface area contributed by atoms with Gasteiger partial charge in [0.25, 0.3) is 0 Å². The van der Waals surface area contributed by atoms with Crippen molar-refractivity contribution in [3.05, 3.63) is 40.9 Å². The normalized spacial score (nSPS) is 10.0. The van der Waals surface area contributed by atoms with E-state index in [1.54, 1.807) is 11.8 Å². The molecule has 0 radical (unpaired) electrons. The third kappa shape index (κ3) is 4.25. The SMILES string of the molecule is C=C(CS)CSc1ccc(Br)cc1. The lowest BCUT2D eigenvalue weighted by molar-refractivity contribution is 1.41. The minimum Gasteiger partial charge on any atom is -0.175 e. The summed E-state index contributed by atoms with van der Waals surface area (Å²) in [6, 6.07) is 8.29. The quantitative estimate of drug-likeness (QED) is 0.492. The smallest absolute Gasteiger partial charge is 0.0196 e. The number of hydrogen-bond donors (Lipinski definition) is 1. The highest BCUT2D eigenvalue weighted by Gasteiger charge is 1.95. The Morgan fingerprint density at radius 3 is 2.54 bits per heavy atom. The van der Waals surface area contributed by atoms with Crippen LogP contribution in [0.5, 0.6) is 0 Å². The average molecular weight is 275 g/mol. The van der Waals surface area contributed by atoms with Crippen LogP contribution in [-0.2, 0) is 0 Å². The van der Waals surface area contributed by atoms with Gasteiger partial charge in [0, 0.05) is 20.9 Å². The summed E-state index contributed by atoms with van der Waals surface area (Å²) in [5, 5.41) is 0. The largest absolute Gasteiger partial charge is 0.175 e. The van der Waals surface area contributed by atoms with Gasteiger partial charge in [-0.25, -0.2) is 0 Å². The van der Waals surface area contributed by atoms with Gasteiger partial charge in [-0.15, -0.1) is 11.8 Å². The van der Waals surface area contributed by atoms with E-state index in [-0.39, 0.29) is 0 Å². The number of halogens is 1. The van der Waals surface area contributed by atoms with Gasteiger partial charge in [-0.1, -0.05) is 28.1 Å². The van der Waals surface area contributed by atoms with E-state index in [9.17, 15) is 0 Å². The van der Waals surface area contributed by atoms with Gasteiger partial charge in [0.15, 0.2) is 0 Å². The van der Waals surface area contributed by atoms with Crippen molar-refractivity contribution in [3.8, 4) is 0 Å². The lowest BCUT2D eigenvalue weighted by Gasteiger charge is -2.02. The summed E-state index contributed by atoms with van der Waals surface area (Å²) in [4.78, 5) is 1.27. The molecule has 0 aromatic heterocycles. The number of thiol groups is 1. The van der Waals surface area contributed by atoms with Crippen molar-refractivity contribution in [3.63, 3.8) is 0 Å². The Hall–Kier alpha value is 0.140. The Balaban J connectivity index is 2.46. The third-order valence-electron chi connectivity index (χ3n) is 1.48. The summed E-state index contributed by atoms with van der Waals surface area (Å²) in [6.07, 6.45) is 0. The maximum absolute atomic E-state index is 4.16. The maximum Gasteiger partial charge on any atom is 0.0196 e. The van der Waals surface area contributed by atoms with Crippen LogP contribution in [0.15, 0.2) is 45.8 Å². The fourth-order valence-electron chi connectivity index (χ4n) is 0.762. The molecule has 0 nitrogen and oxygen atoms in total. The number of benzene rings is 1. The molecule has 13 heavy (non-hydrogen) atoms. The molecule has 3 heteroatoms. The van der Waals surface area contributed by atoms with E-state index in [0.717, 1.165) is 21.6 Å². The average Bonchev–Trinajstić information content (AvgIpc) is 2.16. The Kier molecular flexibility index (Phi) is 4.99. The van der Waals surface area contributed by atoms with E-state index in [1.807, 2.05) is 12.1 Å². The molecule has 0 aliphatic carbocycles. The van der Waals surface area contributed by atoms with Crippen LogP contribution in [-0.4, -0.2) is 11.5 Å². The zero-order valence-electron chi connectivity index (χ0n) is 7.16. The summed E-state index contributed by atoms with van der Waals surface area (Å²) >= 11 is 9.35. The fraction of sp³-hybridized carbons (Fsp3) is 0.200.